The summed E-state index contributed by atoms with van der Waals surface area (Å²) in [5.74, 6) is -1.52. The molecule has 0 radical (unpaired) electrons. The number of nitrogens with zero attached hydrogens (tertiary/aromatic N) is 1. The van der Waals surface area contributed by atoms with Crippen molar-refractivity contribution in [3.8, 4) is 0 Å². The number of nitrogens with one attached hydrogen (secondary N) is 1. The number of carbonyl (C=O) groups is 2. The highest BCUT2D eigenvalue weighted by Crippen LogP contribution is 2.28. The molecule has 19 heavy (non-hydrogen) atoms. The summed E-state index contributed by atoms with van der Waals surface area (Å²) in [5, 5.41) is 2.25. The van der Waals surface area contributed by atoms with Gasteiger partial charge in [-0.15, -0.1) is 0 Å². The third kappa shape index (κ3) is 2.98. The second kappa shape index (κ2) is 5.35. The Hall–Kier alpha value is -1.33. The standard InChI is InChI=1S/C12H11Cl2FN2O2/c1-17-5-6(2-10(17)18)12(19)16-7-3-8(13)11(15)9(14)4-7/h3-4,6H,2,5H2,1H3,(H,16,19). The van der Waals surface area contributed by atoms with E-state index in [1.165, 1.54) is 17.0 Å². The fourth-order valence-electron chi connectivity index (χ4n) is 1.91. The van der Waals surface area contributed by atoms with Gasteiger partial charge in [0.15, 0.2) is 5.82 Å². The number of benzene rings is 1. The molecule has 1 aromatic rings. The summed E-state index contributed by atoms with van der Waals surface area (Å²) in [6.45, 7) is 0.368. The molecule has 0 bridgehead atoms. The number of hydrogen-bond acceptors (Lipinski definition) is 2. The Bertz CT molecular complexity index is 528. The lowest BCUT2D eigenvalue weighted by Gasteiger charge is -2.11. The molecule has 1 aliphatic heterocycles. The van der Waals surface area contributed by atoms with Crippen LogP contribution in [0.4, 0.5) is 10.1 Å². The molecule has 1 aromatic carbocycles. The fourth-order valence-corrected chi connectivity index (χ4v) is 2.40. The van der Waals surface area contributed by atoms with Crippen LogP contribution in [0.1, 0.15) is 6.42 Å². The van der Waals surface area contributed by atoms with Gasteiger partial charge in [0.25, 0.3) is 0 Å². The van der Waals surface area contributed by atoms with Crippen molar-refractivity contribution in [2.24, 2.45) is 5.92 Å². The normalized spacial score (nSPS) is 18.8. The Morgan fingerprint density at radius 2 is 2.00 bits per heavy atom. The zero-order valence-electron chi connectivity index (χ0n) is 10.0. The monoisotopic (exact) mass is 304 g/mol. The van der Waals surface area contributed by atoms with Crippen LogP contribution in [0.3, 0.4) is 0 Å². The van der Waals surface area contributed by atoms with E-state index in [0.717, 1.165) is 0 Å². The number of amides is 2. The van der Waals surface area contributed by atoms with Gasteiger partial charge in [-0.3, -0.25) is 9.59 Å². The molecular formula is C12H11Cl2FN2O2. The van der Waals surface area contributed by atoms with Crippen molar-refractivity contribution in [2.75, 3.05) is 18.9 Å². The Balaban J connectivity index is 2.10. The lowest BCUT2D eigenvalue weighted by Crippen LogP contribution is -2.25. The van der Waals surface area contributed by atoms with Gasteiger partial charge in [0.1, 0.15) is 0 Å². The quantitative estimate of drug-likeness (QED) is 0.854. The predicted molar refractivity (Wildman–Crippen MR) is 70.8 cm³/mol. The van der Waals surface area contributed by atoms with Crippen molar-refractivity contribution < 1.29 is 14.0 Å². The van der Waals surface area contributed by atoms with Crippen LogP contribution in [0.15, 0.2) is 12.1 Å². The van der Waals surface area contributed by atoms with E-state index in [2.05, 4.69) is 5.32 Å². The van der Waals surface area contributed by atoms with Crippen molar-refractivity contribution >= 4 is 40.7 Å². The van der Waals surface area contributed by atoms with Crippen LogP contribution >= 0.6 is 23.2 Å². The van der Waals surface area contributed by atoms with Gasteiger partial charge in [-0.2, -0.15) is 0 Å². The second-order valence-corrected chi connectivity index (χ2v) is 5.23. The van der Waals surface area contributed by atoms with Crippen molar-refractivity contribution in [1.29, 1.82) is 0 Å². The summed E-state index contributed by atoms with van der Waals surface area (Å²) in [6.07, 6.45) is 0.172. The molecule has 1 unspecified atom stereocenters. The Kier molecular flexibility index (Phi) is 3.96. The summed E-state index contributed by atoms with van der Waals surface area (Å²) in [5.41, 5.74) is 0.309. The second-order valence-electron chi connectivity index (χ2n) is 4.42. The number of rotatable bonds is 2. The Labute approximate surface area is 119 Å². The number of carbonyl (C=O) groups excluding carboxylic acids is 2. The van der Waals surface area contributed by atoms with Crippen molar-refractivity contribution in [3.05, 3.63) is 28.0 Å². The Morgan fingerprint density at radius 1 is 1.42 bits per heavy atom. The first-order valence-corrected chi connectivity index (χ1v) is 6.33. The van der Waals surface area contributed by atoms with Gasteiger partial charge in [0, 0.05) is 25.7 Å². The largest absolute Gasteiger partial charge is 0.345 e. The van der Waals surface area contributed by atoms with Gasteiger partial charge in [0.05, 0.1) is 16.0 Å². The fraction of sp³-hybridized carbons (Fsp3) is 0.333. The summed E-state index contributed by atoms with van der Waals surface area (Å²) < 4.78 is 13.2. The van der Waals surface area contributed by atoms with Crippen LogP contribution in [0.25, 0.3) is 0 Å². The molecule has 7 heteroatoms. The predicted octanol–water partition coefficient (Wildman–Crippen LogP) is 2.55. The van der Waals surface area contributed by atoms with Gasteiger partial charge in [-0.25, -0.2) is 4.39 Å². The lowest BCUT2D eigenvalue weighted by molar-refractivity contribution is -0.127. The minimum Gasteiger partial charge on any atom is -0.345 e. The first-order valence-electron chi connectivity index (χ1n) is 5.58. The van der Waals surface area contributed by atoms with E-state index in [4.69, 9.17) is 23.2 Å². The van der Waals surface area contributed by atoms with Gasteiger partial charge in [-0.1, -0.05) is 23.2 Å². The molecule has 102 valence electrons. The van der Waals surface area contributed by atoms with Crippen LogP contribution in [0.2, 0.25) is 10.0 Å². The average molecular weight is 305 g/mol. The zero-order valence-corrected chi connectivity index (χ0v) is 11.6. The lowest BCUT2D eigenvalue weighted by atomic mass is 10.1. The molecule has 2 amide bonds. The van der Waals surface area contributed by atoms with Crippen molar-refractivity contribution in [1.82, 2.24) is 4.90 Å². The topological polar surface area (TPSA) is 49.4 Å². The zero-order chi connectivity index (χ0) is 14.2. The van der Waals surface area contributed by atoms with E-state index < -0.39 is 11.7 Å². The maximum atomic E-state index is 13.2. The van der Waals surface area contributed by atoms with Gasteiger partial charge >= 0.3 is 0 Å². The maximum absolute atomic E-state index is 13.2. The van der Waals surface area contributed by atoms with E-state index in [-0.39, 0.29) is 28.3 Å². The van der Waals surface area contributed by atoms with Gasteiger partial charge in [-0.05, 0) is 12.1 Å². The number of likely N-dealkylation sites (tertiary alicyclic amines) is 1. The molecule has 1 heterocycles. The van der Waals surface area contributed by atoms with Crippen LogP contribution in [-0.2, 0) is 9.59 Å². The first kappa shape index (κ1) is 14.1. The summed E-state index contributed by atoms with van der Waals surface area (Å²) in [6, 6.07) is 2.56. The van der Waals surface area contributed by atoms with E-state index >= 15 is 0 Å². The summed E-state index contributed by atoms with van der Waals surface area (Å²) in [7, 11) is 1.64. The number of anilines is 1. The maximum Gasteiger partial charge on any atom is 0.229 e. The minimum absolute atomic E-state index is 0.0738. The third-order valence-corrected chi connectivity index (χ3v) is 3.51. The number of hydrogen-bond donors (Lipinski definition) is 1. The Morgan fingerprint density at radius 3 is 2.47 bits per heavy atom. The first-order chi connectivity index (χ1) is 8.88. The molecule has 0 aliphatic carbocycles. The molecule has 1 saturated heterocycles. The molecule has 1 aliphatic rings. The highest BCUT2D eigenvalue weighted by atomic mass is 35.5. The van der Waals surface area contributed by atoms with Crippen molar-refractivity contribution in [3.63, 3.8) is 0 Å². The smallest absolute Gasteiger partial charge is 0.229 e. The van der Waals surface area contributed by atoms with Crippen LogP contribution in [0.5, 0.6) is 0 Å². The molecule has 4 nitrogen and oxygen atoms in total. The molecule has 0 saturated carbocycles. The van der Waals surface area contributed by atoms with Crippen molar-refractivity contribution in [2.45, 2.75) is 6.42 Å². The van der Waals surface area contributed by atoms with Gasteiger partial charge in [0.2, 0.25) is 11.8 Å². The van der Waals surface area contributed by atoms with Crippen LogP contribution in [0, 0.1) is 11.7 Å². The third-order valence-electron chi connectivity index (χ3n) is 2.96. The van der Waals surface area contributed by atoms with Crippen LogP contribution in [-0.4, -0.2) is 30.3 Å². The number of halogens is 3. The molecule has 0 spiro atoms. The van der Waals surface area contributed by atoms with E-state index in [0.29, 0.717) is 12.2 Å². The van der Waals surface area contributed by atoms with E-state index in [9.17, 15) is 14.0 Å². The van der Waals surface area contributed by atoms with E-state index in [1.54, 1.807) is 7.05 Å². The highest BCUT2D eigenvalue weighted by Gasteiger charge is 2.32. The molecule has 1 N–H and O–H groups in total. The van der Waals surface area contributed by atoms with Crippen LogP contribution < -0.4 is 5.32 Å². The molecule has 1 fully saturated rings. The molecule has 0 aromatic heterocycles. The summed E-state index contributed by atoms with van der Waals surface area (Å²) >= 11 is 11.3. The van der Waals surface area contributed by atoms with E-state index in [1.807, 2.05) is 0 Å². The summed E-state index contributed by atoms with van der Waals surface area (Å²) in [4.78, 5) is 24.8. The molecule has 1 atom stereocenters. The molecule has 2 rings (SSSR count). The SMILES string of the molecule is CN1CC(C(=O)Nc2cc(Cl)c(F)c(Cl)c2)CC1=O. The molecular weight excluding hydrogens is 294 g/mol. The minimum atomic E-state index is -0.725. The average Bonchev–Trinajstić information content (AvgIpc) is 2.66. The highest BCUT2D eigenvalue weighted by molar-refractivity contribution is 6.35. The van der Waals surface area contributed by atoms with Gasteiger partial charge < -0.3 is 10.2 Å².